The van der Waals surface area contributed by atoms with Crippen LogP contribution in [0.5, 0.6) is 17.2 Å². The number of fused-ring (bicyclic) bond motifs is 1. The Labute approximate surface area is 232 Å². The highest BCUT2D eigenvalue weighted by molar-refractivity contribution is 6.32. The molecule has 1 aliphatic carbocycles. The van der Waals surface area contributed by atoms with E-state index in [1.165, 1.54) is 9.98 Å². The van der Waals surface area contributed by atoms with Crippen molar-refractivity contribution in [3.63, 3.8) is 0 Å². The fourth-order valence-corrected chi connectivity index (χ4v) is 5.33. The summed E-state index contributed by atoms with van der Waals surface area (Å²) in [5.41, 5.74) is 2.36. The van der Waals surface area contributed by atoms with E-state index in [9.17, 15) is 9.59 Å². The van der Waals surface area contributed by atoms with Crippen molar-refractivity contribution < 1.29 is 23.8 Å². The first kappa shape index (κ1) is 26.4. The molecule has 0 aromatic heterocycles. The first-order chi connectivity index (χ1) is 18.4. The molecule has 1 fully saturated rings. The number of esters is 1. The summed E-state index contributed by atoms with van der Waals surface area (Å²) >= 11 is 13.0. The van der Waals surface area contributed by atoms with E-state index in [2.05, 4.69) is 12.1 Å². The average Bonchev–Trinajstić information content (AvgIpc) is 3.78. The molecule has 0 N–H and O–H groups in total. The Balaban J connectivity index is 1.26. The van der Waals surface area contributed by atoms with Gasteiger partial charge in [-0.15, -0.1) is 0 Å². The van der Waals surface area contributed by atoms with Gasteiger partial charge < -0.3 is 14.2 Å². The molecule has 3 aromatic carbocycles. The second-order valence-electron chi connectivity index (χ2n) is 9.59. The second kappa shape index (κ2) is 11.7. The number of rotatable bonds is 9. The molecule has 2 aliphatic rings. The highest BCUT2D eigenvalue weighted by atomic mass is 35.5. The topological polar surface area (TPSA) is 65.1 Å². The zero-order chi connectivity index (χ0) is 26.6. The second-order valence-corrected chi connectivity index (χ2v) is 10.4. The predicted molar refractivity (Wildman–Crippen MR) is 146 cm³/mol. The number of ether oxygens (including phenoxy) is 3. The maximum absolute atomic E-state index is 13.0. The van der Waals surface area contributed by atoms with Crippen molar-refractivity contribution in [3.05, 3.63) is 88.4 Å². The molecule has 1 heterocycles. The first-order valence-corrected chi connectivity index (χ1v) is 13.6. The van der Waals surface area contributed by atoms with Gasteiger partial charge in [0.2, 0.25) is 0 Å². The molecular weight excluding hydrogens is 525 g/mol. The summed E-state index contributed by atoms with van der Waals surface area (Å²) in [4.78, 5) is 25.4. The van der Waals surface area contributed by atoms with Crippen LogP contribution in [0.1, 0.15) is 59.5 Å². The summed E-state index contributed by atoms with van der Waals surface area (Å²) in [6.07, 6.45) is 2.84. The SMILES string of the molecule is CCOC(=O)C1CCOc2cc(Oc3ccc(C(=O)N(Cl)CC(c4ccccc4)C4CC4)cc3)c(Cl)cc21. The van der Waals surface area contributed by atoms with Crippen molar-refractivity contribution in [2.45, 2.75) is 38.0 Å². The molecule has 2 unspecified atom stereocenters. The van der Waals surface area contributed by atoms with Crippen LogP contribution in [-0.2, 0) is 9.53 Å². The van der Waals surface area contributed by atoms with Crippen molar-refractivity contribution in [2.24, 2.45) is 5.92 Å². The molecule has 1 amide bonds. The van der Waals surface area contributed by atoms with Gasteiger partial charge >= 0.3 is 5.97 Å². The molecule has 38 heavy (non-hydrogen) atoms. The Hall–Kier alpha value is -3.22. The molecule has 5 rings (SSSR count). The smallest absolute Gasteiger partial charge is 0.313 e. The predicted octanol–water partition coefficient (Wildman–Crippen LogP) is 7.35. The van der Waals surface area contributed by atoms with Crippen molar-refractivity contribution in [1.82, 2.24) is 4.42 Å². The van der Waals surface area contributed by atoms with Gasteiger partial charge in [0.25, 0.3) is 5.91 Å². The van der Waals surface area contributed by atoms with Gasteiger partial charge in [0.05, 0.1) is 24.2 Å². The van der Waals surface area contributed by atoms with Crippen LogP contribution in [0.2, 0.25) is 5.02 Å². The maximum atomic E-state index is 13.0. The minimum atomic E-state index is -0.421. The van der Waals surface area contributed by atoms with Crippen LogP contribution < -0.4 is 9.47 Å². The molecule has 2 atom stereocenters. The van der Waals surface area contributed by atoms with Gasteiger partial charge in [0, 0.05) is 41.4 Å². The number of carbonyl (C=O) groups is 2. The van der Waals surface area contributed by atoms with Gasteiger partial charge in [-0.2, -0.15) is 0 Å². The Kier molecular flexibility index (Phi) is 8.10. The lowest BCUT2D eigenvalue weighted by Crippen LogP contribution is -2.27. The highest BCUT2D eigenvalue weighted by Gasteiger charge is 2.34. The van der Waals surface area contributed by atoms with Crippen LogP contribution in [0, 0.1) is 5.92 Å². The third-order valence-electron chi connectivity index (χ3n) is 7.00. The van der Waals surface area contributed by atoms with Crippen LogP contribution in [0.25, 0.3) is 0 Å². The molecule has 0 radical (unpaired) electrons. The number of benzene rings is 3. The van der Waals surface area contributed by atoms with Gasteiger partial charge in [-0.3, -0.25) is 9.59 Å². The minimum Gasteiger partial charge on any atom is -0.493 e. The van der Waals surface area contributed by atoms with E-state index < -0.39 is 5.92 Å². The zero-order valence-corrected chi connectivity index (χ0v) is 22.6. The lowest BCUT2D eigenvalue weighted by molar-refractivity contribution is -0.145. The average molecular weight is 554 g/mol. The van der Waals surface area contributed by atoms with Gasteiger partial charge in [-0.25, -0.2) is 4.42 Å². The summed E-state index contributed by atoms with van der Waals surface area (Å²) < 4.78 is 18.2. The van der Waals surface area contributed by atoms with Crippen LogP contribution in [0.4, 0.5) is 0 Å². The number of hydrogen-bond acceptors (Lipinski definition) is 5. The number of nitrogens with zero attached hydrogens (tertiary/aromatic N) is 1. The van der Waals surface area contributed by atoms with Crippen molar-refractivity contribution in [1.29, 1.82) is 0 Å². The Morgan fingerprint density at radius 2 is 1.79 bits per heavy atom. The van der Waals surface area contributed by atoms with Crippen LogP contribution in [0.3, 0.4) is 0 Å². The lowest BCUT2D eigenvalue weighted by atomic mass is 9.93. The van der Waals surface area contributed by atoms with E-state index in [4.69, 9.17) is 37.6 Å². The third-order valence-corrected chi connectivity index (χ3v) is 7.59. The van der Waals surface area contributed by atoms with Gasteiger partial charge in [0.15, 0.2) is 0 Å². The molecular formula is C30H29Cl2NO5. The zero-order valence-electron chi connectivity index (χ0n) is 21.1. The molecule has 1 saturated carbocycles. The molecule has 6 nitrogen and oxygen atoms in total. The van der Waals surface area contributed by atoms with Crippen LogP contribution in [0.15, 0.2) is 66.7 Å². The first-order valence-electron chi connectivity index (χ1n) is 12.9. The quantitative estimate of drug-likeness (QED) is 0.204. The standard InChI is InChI=1S/C30H29Cl2NO5/c1-2-36-30(35)23-14-15-37-27-17-28(26(31)16-24(23)27)38-22-12-10-21(11-13-22)29(34)33(32)18-25(20-8-9-20)19-6-4-3-5-7-19/h3-7,10-13,16-17,20,23,25H,2,8-9,14-15,18H2,1H3. The van der Waals surface area contributed by atoms with E-state index in [0.29, 0.717) is 65.5 Å². The summed E-state index contributed by atoms with van der Waals surface area (Å²) in [6.45, 7) is 2.94. The van der Waals surface area contributed by atoms with Gasteiger partial charge in [0.1, 0.15) is 17.2 Å². The van der Waals surface area contributed by atoms with E-state index in [0.717, 1.165) is 12.8 Å². The van der Waals surface area contributed by atoms with Crippen molar-refractivity contribution in [2.75, 3.05) is 19.8 Å². The van der Waals surface area contributed by atoms with Crippen LogP contribution >= 0.6 is 23.4 Å². The van der Waals surface area contributed by atoms with Crippen molar-refractivity contribution in [3.8, 4) is 17.2 Å². The molecule has 0 spiro atoms. The Bertz CT molecular complexity index is 1290. The normalized spacial score (nSPS) is 17.1. The fraction of sp³-hybridized carbons (Fsp3) is 0.333. The maximum Gasteiger partial charge on any atom is 0.313 e. The largest absolute Gasteiger partial charge is 0.493 e. The van der Waals surface area contributed by atoms with E-state index >= 15 is 0 Å². The van der Waals surface area contributed by atoms with Crippen molar-refractivity contribution >= 4 is 35.3 Å². The molecule has 1 aliphatic heterocycles. The summed E-state index contributed by atoms with van der Waals surface area (Å²) in [7, 11) is 0. The van der Waals surface area contributed by atoms with E-state index in [1.54, 1.807) is 43.3 Å². The molecule has 8 heteroatoms. The molecule has 198 valence electrons. The summed E-state index contributed by atoms with van der Waals surface area (Å²) in [5, 5.41) is 0.350. The van der Waals surface area contributed by atoms with E-state index in [1.807, 2.05) is 18.2 Å². The van der Waals surface area contributed by atoms with E-state index in [-0.39, 0.29) is 17.8 Å². The Morgan fingerprint density at radius 1 is 1.05 bits per heavy atom. The third kappa shape index (κ3) is 5.92. The number of amides is 1. The molecule has 3 aromatic rings. The van der Waals surface area contributed by atoms with Crippen LogP contribution in [-0.4, -0.2) is 36.1 Å². The Morgan fingerprint density at radius 3 is 2.47 bits per heavy atom. The highest BCUT2D eigenvalue weighted by Crippen LogP contribution is 2.44. The summed E-state index contributed by atoms with van der Waals surface area (Å²) in [6, 6.07) is 20.4. The van der Waals surface area contributed by atoms with Gasteiger partial charge in [-0.05, 0) is 68.0 Å². The fourth-order valence-electron chi connectivity index (χ4n) is 4.87. The molecule has 0 saturated heterocycles. The number of carbonyl (C=O) groups excluding carboxylic acids is 2. The molecule has 0 bridgehead atoms. The lowest BCUT2D eigenvalue weighted by Gasteiger charge is -2.25. The van der Waals surface area contributed by atoms with Gasteiger partial charge in [-0.1, -0.05) is 41.9 Å². The summed E-state index contributed by atoms with van der Waals surface area (Å²) in [5.74, 6) is 1.24. The number of halogens is 2. The number of hydrogen-bond donors (Lipinski definition) is 0. The monoisotopic (exact) mass is 553 g/mol. The minimum absolute atomic E-state index is 0.219.